The predicted molar refractivity (Wildman–Crippen MR) is 88.4 cm³/mol. The van der Waals surface area contributed by atoms with E-state index in [-0.39, 0.29) is 11.9 Å². The molecule has 1 unspecified atom stereocenters. The van der Waals surface area contributed by atoms with Crippen LogP contribution in [0.4, 0.5) is 11.6 Å². The molecule has 0 radical (unpaired) electrons. The highest BCUT2D eigenvalue weighted by molar-refractivity contribution is 5.92. The van der Waals surface area contributed by atoms with Crippen LogP contribution in [0.25, 0.3) is 0 Å². The SMILES string of the molecule is CCC(C)NC(=O)c1ccnc(N(CC)c2ccccc2)n1. The smallest absolute Gasteiger partial charge is 0.270 e. The summed E-state index contributed by atoms with van der Waals surface area (Å²) in [5.41, 5.74) is 1.39. The number of amides is 1. The number of hydrogen-bond donors (Lipinski definition) is 1. The van der Waals surface area contributed by atoms with Crippen LogP contribution in [0.15, 0.2) is 42.6 Å². The number of hydrogen-bond acceptors (Lipinski definition) is 4. The number of aromatic nitrogens is 2. The molecule has 0 saturated heterocycles. The molecule has 5 nitrogen and oxygen atoms in total. The molecule has 5 heteroatoms. The summed E-state index contributed by atoms with van der Waals surface area (Å²) in [6, 6.07) is 11.7. The Bertz CT molecular complexity index is 615. The molecule has 1 heterocycles. The highest BCUT2D eigenvalue weighted by Crippen LogP contribution is 2.20. The lowest BCUT2D eigenvalue weighted by atomic mass is 10.2. The van der Waals surface area contributed by atoms with Gasteiger partial charge in [-0.15, -0.1) is 0 Å². The van der Waals surface area contributed by atoms with Gasteiger partial charge in [-0.25, -0.2) is 9.97 Å². The summed E-state index contributed by atoms with van der Waals surface area (Å²) < 4.78 is 0. The Hall–Kier alpha value is -2.43. The second-order valence-electron chi connectivity index (χ2n) is 5.10. The van der Waals surface area contributed by atoms with Crippen LogP contribution in [-0.2, 0) is 0 Å². The lowest BCUT2D eigenvalue weighted by Crippen LogP contribution is -2.33. The van der Waals surface area contributed by atoms with Crippen LogP contribution in [-0.4, -0.2) is 28.5 Å². The summed E-state index contributed by atoms with van der Waals surface area (Å²) in [7, 11) is 0. The van der Waals surface area contributed by atoms with Crippen molar-refractivity contribution in [2.75, 3.05) is 11.4 Å². The second kappa shape index (κ2) is 7.54. The normalized spacial score (nSPS) is 11.8. The number of nitrogens with one attached hydrogen (secondary N) is 1. The van der Waals surface area contributed by atoms with E-state index in [1.807, 2.05) is 56.0 Å². The minimum Gasteiger partial charge on any atom is -0.348 e. The highest BCUT2D eigenvalue weighted by Gasteiger charge is 2.14. The van der Waals surface area contributed by atoms with Crippen molar-refractivity contribution in [3.8, 4) is 0 Å². The number of anilines is 2. The van der Waals surface area contributed by atoms with Gasteiger partial charge in [0.25, 0.3) is 5.91 Å². The molecule has 1 amide bonds. The molecular weight excluding hydrogens is 276 g/mol. The first kappa shape index (κ1) is 15.9. The van der Waals surface area contributed by atoms with Crippen molar-refractivity contribution in [3.63, 3.8) is 0 Å². The number of carbonyl (C=O) groups is 1. The first-order chi connectivity index (χ1) is 10.7. The van der Waals surface area contributed by atoms with E-state index in [9.17, 15) is 4.79 Å². The third-order valence-corrected chi connectivity index (χ3v) is 3.49. The van der Waals surface area contributed by atoms with Crippen LogP contribution in [0.1, 0.15) is 37.7 Å². The maximum Gasteiger partial charge on any atom is 0.270 e. The van der Waals surface area contributed by atoms with Crippen molar-refractivity contribution in [2.45, 2.75) is 33.2 Å². The highest BCUT2D eigenvalue weighted by atomic mass is 16.1. The number of carbonyl (C=O) groups excluding carboxylic acids is 1. The lowest BCUT2D eigenvalue weighted by molar-refractivity contribution is 0.0934. The third-order valence-electron chi connectivity index (χ3n) is 3.49. The molecule has 116 valence electrons. The largest absolute Gasteiger partial charge is 0.348 e. The van der Waals surface area contributed by atoms with Gasteiger partial charge in [0, 0.05) is 24.5 Å². The summed E-state index contributed by atoms with van der Waals surface area (Å²) >= 11 is 0. The van der Waals surface area contributed by atoms with E-state index in [0.29, 0.717) is 11.6 Å². The van der Waals surface area contributed by atoms with E-state index in [0.717, 1.165) is 18.7 Å². The molecule has 0 fully saturated rings. The molecule has 1 N–H and O–H groups in total. The monoisotopic (exact) mass is 298 g/mol. The molecule has 2 rings (SSSR count). The molecule has 0 aliphatic rings. The second-order valence-corrected chi connectivity index (χ2v) is 5.10. The topological polar surface area (TPSA) is 58.1 Å². The number of para-hydroxylation sites is 1. The minimum absolute atomic E-state index is 0.127. The van der Waals surface area contributed by atoms with E-state index < -0.39 is 0 Å². The zero-order valence-electron chi connectivity index (χ0n) is 13.3. The van der Waals surface area contributed by atoms with Gasteiger partial charge in [-0.05, 0) is 38.5 Å². The number of rotatable bonds is 6. The van der Waals surface area contributed by atoms with Gasteiger partial charge in [0.2, 0.25) is 5.95 Å². The van der Waals surface area contributed by atoms with Crippen LogP contribution in [0.5, 0.6) is 0 Å². The summed E-state index contributed by atoms with van der Waals surface area (Å²) in [4.78, 5) is 22.9. The van der Waals surface area contributed by atoms with Crippen LogP contribution in [0, 0.1) is 0 Å². The molecule has 2 aromatic rings. The van der Waals surface area contributed by atoms with Crippen LogP contribution in [0.2, 0.25) is 0 Å². The van der Waals surface area contributed by atoms with Crippen LogP contribution >= 0.6 is 0 Å². The van der Waals surface area contributed by atoms with Gasteiger partial charge in [-0.2, -0.15) is 0 Å². The van der Waals surface area contributed by atoms with E-state index in [4.69, 9.17) is 0 Å². The van der Waals surface area contributed by atoms with Crippen molar-refractivity contribution < 1.29 is 4.79 Å². The zero-order chi connectivity index (χ0) is 15.9. The quantitative estimate of drug-likeness (QED) is 0.890. The molecule has 0 saturated carbocycles. The molecule has 1 aromatic carbocycles. The molecule has 0 spiro atoms. The van der Waals surface area contributed by atoms with Crippen LogP contribution < -0.4 is 10.2 Å². The zero-order valence-corrected chi connectivity index (χ0v) is 13.3. The molecule has 1 aromatic heterocycles. The van der Waals surface area contributed by atoms with Crippen molar-refractivity contribution in [3.05, 3.63) is 48.3 Å². The van der Waals surface area contributed by atoms with Crippen molar-refractivity contribution in [1.29, 1.82) is 0 Å². The van der Waals surface area contributed by atoms with E-state index in [2.05, 4.69) is 15.3 Å². The Morgan fingerprint density at radius 1 is 1.23 bits per heavy atom. The van der Waals surface area contributed by atoms with E-state index in [1.165, 1.54) is 0 Å². The predicted octanol–water partition coefficient (Wildman–Crippen LogP) is 3.16. The Balaban J connectivity index is 2.25. The standard InChI is InChI=1S/C17H22N4O/c1-4-13(3)19-16(22)15-11-12-18-17(20-15)21(5-2)14-9-7-6-8-10-14/h6-13H,4-5H2,1-3H3,(H,19,22). The Kier molecular flexibility index (Phi) is 5.47. The minimum atomic E-state index is -0.165. The van der Waals surface area contributed by atoms with Gasteiger partial charge in [0.05, 0.1) is 0 Å². The van der Waals surface area contributed by atoms with Gasteiger partial charge in [-0.1, -0.05) is 25.1 Å². The van der Waals surface area contributed by atoms with E-state index >= 15 is 0 Å². The Labute approximate surface area is 131 Å². The Morgan fingerprint density at radius 3 is 2.59 bits per heavy atom. The fraction of sp³-hybridized carbons (Fsp3) is 0.353. The van der Waals surface area contributed by atoms with Gasteiger partial charge < -0.3 is 10.2 Å². The number of benzene rings is 1. The maximum atomic E-state index is 12.2. The van der Waals surface area contributed by atoms with Gasteiger partial charge in [0.1, 0.15) is 5.69 Å². The van der Waals surface area contributed by atoms with Gasteiger partial charge in [0.15, 0.2) is 0 Å². The first-order valence-corrected chi connectivity index (χ1v) is 7.62. The maximum absolute atomic E-state index is 12.2. The number of nitrogens with zero attached hydrogens (tertiary/aromatic N) is 3. The Morgan fingerprint density at radius 2 is 1.95 bits per heavy atom. The summed E-state index contributed by atoms with van der Waals surface area (Å²) in [5.74, 6) is 0.368. The molecule has 1 atom stereocenters. The van der Waals surface area contributed by atoms with E-state index in [1.54, 1.807) is 12.3 Å². The van der Waals surface area contributed by atoms with Crippen molar-refractivity contribution in [2.24, 2.45) is 0 Å². The van der Waals surface area contributed by atoms with Crippen LogP contribution in [0.3, 0.4) is 0 Å². The average Bonchev–Trinajstić information content (AvgIpc) is 2.56. The summed E-state index contributed by atoms with van der Waals surface area (Å²) in [5, 5.41) is 2.92. The van der Waals surface area contributed by atoms with Crippen molar-refractivity contribution in [1.82, 2.24) is 15.3 Å². The molecule has 0 bridgehead atoms. The third kappa shape index (κ3) is 3.81. The lowest BCUT2D eigenvalue weighted by Gasteiger charge is -2.21. The van der Waals surface area contributed by atoms with Gasteiger partial charge >= 0.3 is 0 Å². The molecule has 0 aliphatic carbocycles. The molecule has 22 heavy (non-hydrogen) atoms. The fourth-order valence-electron chi connectivity index (χ4n) is 2.05. The van der Waals surface area contributed by atoms with Crippen molar-refractivity contribution >= 4 is 17.5 Å². The summed E-state index contributed by atoms with van der Waals surface area (Å²) in [6.45, 7) is 6.76. The average molecular weight is 298 g/mol. The molecule has 0 aliphatic heterocycles. The fourth-order valence-corrected chi connectivity index (χ4v) is 2.05. The first-order valence-electron chi connectivity index (χ1n) is 7.62. The van der Waals surface area contributed by atoms with Gasteiger partial charge in [-0.3, -0.25) is 4.79 Å². The molecular formula is C17H22N4O. The summed E-state index contributed by atoms with van der Waals surface area (Å²) in [6.07, 6.45) is 2.51.